The summed E-state index contributed by atoms with van der Waals surface area (Å²) in [5, 5.41) is 6.69. The van der Waals surface area contributed by atoms with Crippen molar-refractivity contribution < 1.29 is 19.1 Å². The minimum atomic E-state index is -1.50. The molecule has 4 atom stereocenters. The lowest BCUT2D eigenvalue weighted by Crippen LogP contribution is -2.62. The summed E-state index contributed by atoms with van der Waals surface area (Å²) in [6.07, 6.45) is 3.15. The molecule has 4 aliphatic heterocycles. The zero-order valence-corrected chi connectivity index (χ0v) is 22.8. The fraction of sp³-hybridized carbons (Fsp3) is 0.281. The van der Waals surface area contributed by atoms with Gasteiger partial charge in [0.2, 0.25) is 5.91 Å². The van der Waals surface area contributed by atoms with Gasteiger partial charge in [0, 0.05) is 27.9 Å². The minimum absolute atomic E-state index is 0.184. The van der Waals surface area contributed by atoms with Crippen LogP contribution >= 0.6 is 11.6 Å². The zero-order valence-electron chi connectivity index (χ0n) is 22.0. The first-order valence-corrected chi connectivity index (χ1v) is 13.9. The summed E-state index contributed by atoms with van der Waals surface area (Å²) in [4.78, 5) is 46.0. The molecule has 0 saturated carbocycles. The fourth-order valence-corrected chi connectivity index (χ4v) is 8.00. The van der Waals surface area contributed by atoms with Crippen molar-refractivity contribution in [2.45, 2.75) is 36.8 Å². The second-order valence-corrected chi connectivity index (χ2v) is 11.3. The molecule has 0 aromatic heterocycles. The van der Waals surface area contributed by atoms with Crippen molar-refractivity contribution in [2.75, 3.05) is 23.8 Å². The number of carbonyl (C=O) groups excluding carboxylic acids is 3. The number of ether oxygens (including phenoxy) is 1. The monoisotopic (exact) mass is 553 g/mol. The predicted octanol–water partition coefficient (Wildman–Crippen LogP) is 5.23. The van der Waals surface area contributed by atoms with Gasteiger partial charge in [-0.1, -0.05) is 60.7 Å². The van der Waals surface area contributed by atoms with Crippen molar-refractivity contribution in [2.24, 2.45) is 5.92 Å². The standard InChI is InChI=1S/C32H28ClN3O4/c1-3-16-40-20-9-6-8-19(17-20)28(37)26-25-12-7-15-36(25)32(22-13-14-23(33)18(2)27(22)35-30(32)39)31(26)21-10-4-5-11-24(21)34-29(31)38/h3-6,8-11,13-14,17,25-26H,1,7,12,15-16H2,2H3,(H,34,38)(H,35,39)/t25-,26-,31-,32+/m0/s1. The Morgan fingerprint density at radius 3 is 2.75 bits per heavy atom. The van der Waals surface area contributed by atoms with Gasteiger partial charge in [0.1, 0.15) is 23.3 Å². The van der Waals surface area contributed by atoms with Crippen LogP contribution < -0.4 is 15.4 Å². The number of para-hydroxylation sites is 1. The van der Waals surface area contributed by atoms with Gasteiger partial charge in [-0.3, -0.25) is 19.3 Å². The van der Waals surface area contributed by atoms with E-state index in [2.05, 4.69) is 22.1 Å². The number of nitrogens with zero attached hydrogens (tertiary/aromatic N) is 1. The molecule has 2 N–H and O–H groups in total. The van der Waals surface area contributed by atoms with E-state index in [-0.39, 0.29) is 23.6 Å². The molecule has 0 unspecified atom stereocenters. The van der Waals surface area contributed by atoms with Gasteiger partial charge >= 0.3 is 0 Å². The van der Waals surface area contributed by atoms with E-state index in [1.807, 2.05) is 37.3 Å². The molecule has 7 rings (SSSR count). The first-order chi connectivity index (χ1) is 19.4. The van der Waals surface area contributed by atoms with E-state index in [0.29, 0.717) is 58.4 Å². The summed E-state index contributed by atoms with van der Waals surface area (Å²) in [6, 6.07) is 17.8. The highest BCUT2D eigenvalue weighted by molar-refractivity contribution is 6.32. The van der Waals surface area contributed by atoms with Crippen LogP contribution in [0, 0.1) is 12.8 Å². The molecule has 8 heteroatoms. The number of ketones is 1. The molecule has 40 heavy (non-hydrogen) atoms. The second kappa shape index (κ2) is 8.78. The molecule has 7 nitrogen and oxygen atoms in total. The van der Waals surface area contributed by atoms with Crippen LogP contribution in [0.25, 0.3) is 0 Å². The molecular formula is C32H28ClN3O4. The Balaban J connectivity index is 1.53. The molecule has 3 aromatic carbocycles. The van der Waals surface area contributed by atoms with Gasteiger partial charge in [0.25, 0.3) is 5.91 Å². The number of rotatable bonds is 5. The van der Waals surface area contributed by atoms with Crippen LogP contribution in [0.5, 0.6) is 5.75 Å². The van der Waals surface area contributed by atoms with E-state index in [1.165, 1.54) is 0 Å². The summed E-state index contributed by atoms with van der Waals surface area (Å²) < 4.78 is 5.73. The van der Waals surface area contributed by atoms with Crippen LogP contribution in [0.1, 0.15) is 39.9 Å². The number of Topliss-reactive ketones (excluding diaryl/α,β-unsaturated/α-hetero) is 1. The molecule has 202 valence electrons. The number of fused-ring (bicyclic) bond motifs is 7. The Labute approximate surface area is 237 Å². The van der Waals surface area contributed by atoms with Gasteiger partial charge in [0.05, 0.1) is 11.6 Å². The number of hydrogen-bond acceptors (Lipinski definition) is 5. The number of benzene rings is 3. The number of carbonyl (C=O) groups is 3. The molecule has 2 amide bonds. The molecule has 3 aromatic rings. The molecule has 0 aliphatic carbocycles. The third-order valence-electron chi connectivity index (χ3n) is 9.23. The minimum Gasteiger partial charge on any atom is -0.490 e. The second-order valence-electron chi connectivity index (χ2n) is 10.9. The first kappa shape index (κ1) is 25.1. The van der Waals surface area contributed by atoms with Gasteiger partial charge < -0.3 is 15.4 Å². The van der Waals surface area contributed by atoms with Gasteiger partial charge in [-0.2, -0.15) is 0 Å². The average molecular weight is 554 g/mol. The Morgan fingerprint density at radius 2 is 1.93 bits per heavy atom. The van der Waals surface area contributed by atoms with Gasteiger partial charge in [-0.05, 0) is 61.7 Å². The maximum atomic E-state index is 14.8. The van der Waals surface area contributed by atoms with E-state index < -0.39 is 16.9 Å². The maximum Gasteiger partial charge on any atom is 0.251 e. The highest BCUT2D eigenvalue weighted by atomic mass is 35.5. The van der Waals surface area contributed by atoms with Crippen LogP contribution in [0.3, 0.4) is 0 Å². The summed E-state index contributed by atoms with van der Waals surface area (Å²) >= 11 is 6.50. The molecule has 4 heterocycles. The number of anilines is 2. The van der Waals surface area contributed by atoms with E-state index in [1.54, 1.807) is 36.4 Å². The van der Waals surface area contributed by atoms with Crippen molar-refractivity contribution in [3.8, 4) is 5.75 Å². The predicted molar refractivity (Wildman–Crippen MR) is 153 cm³/mol. The van der Waals surface area contributed by atoms with Crippen LogP contribution in [0.2, 0.25) is 5.02 Å². The van der Waals surface area contributed by atoms with Crippen molar-refractivity contribution in [3.05, 3.63) is 101 Å². The maximum absolute atomic E-state index is 14.8. The molecule has 4 aliphatic rings. The summed E-state index contributed by atoms with van der Waals surface area (Å²) in [5.41, 5.74) is 0.862. The summed E-state index contributed by atoms with van der Waals surface area (Å²) in [7, 11) is 0. The topological polar surface area (TPSA) is 87.7 Å². The third-order valence-corrected chi connectivity index (χ3v) is 9.64. The van der Waals surface area contributed by atoms with Crippen LogP contribution in [0.15, 0.2) is 73.3 Å². The number of amides is 2. The van der Waals surface area contributed by atoms with Gasteiger partial charge in [0.15, 0.2) is 5.78 Å². The van der Waals surface area contributed by atoms with E-state index in [9.17, 15) is 14.4 Å². The Morgan fingerprint density at radius 1 is 1.10 bits per heavy atom. The van der Waals surface area contributed by atoms with Crippen molar-refractivity contribution in [3.63, 3.8) is 0 Å². The van der Waals surface area contributed by atoms with E-state index >= 15 is 0 Å². The number of hydrogen-bond donors (Lipinski definition) is 2. The largest absolute Gasteiger partial charge is 0.490 e. The zero-order chi connectivity index (χ0) is 27.8. The lowest BCUT2D eigenvalue weighted by Gasteiger charge is -2.43. The average Bonchev–Trinajstić information content (AvgIpc) is 3.68. The molecule has 0 bridgehead atoms. The number of nitrogens with one attached hydrogen (secondary N) is 2. The Bertz CT molecular complexity index is 1640. The first-order valence-electron chi connectivity index (χ1n) is 13.5. The van der Waals surface area contributed by atoms with Crippen LogP contribution in [0.4, 0.5) is 11.4 Å². The van der Waals surface area contributed by atoms with Crippen molar-refractivity contribution in [1.29, 1.82) is 0 Å². The van der Waals surface area contributed by atoms with E-state index in [4.69, 9.17) is 16.3 Å². The molecule has 2 spiro atoms. The smallest absolute Gasteiger partial charge is 0.251 e. The van der Waals surface area contributed by atoms with Crippen molar-refractivity contribution >= 4 is 40.6 Å². The third kappa shape index (κ3) is 2.91. The van der Waals surface area contributed by atoms with Gasteiger partial charge in [-0.25, -0.2) is 0 Å². The SMILES string of the molecule is C=CCOc1cccc(C(=O)[C@@H]2[C@@H]3CCCN3[C@]3(C(=O)Nc4c3ccc(Cl)c4C)[C@]23C(=O)Nc2ccccc23)c1. The number of halogens is 1. The molecule has 2 fully saturated rings. The van der Waals surface area contributed by atoms with Crippen molar-refractivity contribution in [1.82, 2.24) is 4.90 Å². The quantitative estimate of drug-likeness (QED) is 0.334. The summed E-state index contributed by atoms with van der Waals surface area (Å²) in [6.45, 7) is 6.46. The van der Waals surface area contributed by atoms with Crippen LogP contribution in [-0.2, 0) is 20.5 Å². The highest BCUT2D eigenvalue weighted by Gasteiger charge is 2.81. The normalized spacial score (nSPS) is 27.9. The van der Waals surface area contributed by atoms with E-state index in [0.717, 1.165) is 12.0 Å². The molecular weight excluding hydrogens is 526 g/mol. The Hall–Kier alpha value is -3.94. The molecule has 0 radical (unpaired) electrons. The fourth-order valence-electron chi connectivity index (χ4n) is 7.84. The molecule has 2 saturated heterocycles. The Kier molecular flexibility index (Phi) is 5.50. The van der Waals surface area contributed by atoms with Crippen LogP contribution in [-0.4, -0.2) is 41.7 Å². The lowest BCUT2D eigenvalue weighted by molar-refractivity contribution is -0.137. The highest BCUT2D eigenvalue weighted by Crippen LogP contribution is 2.68. The summed E-state index contributed by atoms with van der Waals surface area (Å²) in [5.74, 6) is -1.10. The lowest BCUT2D eigenvalue weighted by atomic mass is 9.57. The van der Waals surface area contributed by atoms with Gasteiger partial charge in [-0.15, -0.1) is 0 Å².